The first-order chi connectivity index (χ1) is 15.8. The number of sulfone groups is 1. The SMILES string of the molecule is Cc1ccc(SCCC(=O)N(Cc2cccnc2)c2nc3ccc(S(C)(=O)=O)cc3s2)cc1. The first-order valence-electron chi connectivity index (χ1n) is 10.3. The van der Waals surface area contributed by atoms with E-state index < -0.39 is 9.84 Å². The number of carbonyl (C=O) groups excluding carboxylic acids is 1. The molecule has 0 unspecified atom stereocenters. The summed E-state index contributed by atoms with van der Waals surface area (Å²) < 4.78 is 24.6. The summed E-state index contributed by atoms with van der Waals surface area (Å²) >= 11 is 2.96. The molecule has 4 aromatic rings. The van der Waals surface area contributed by atoms with Crippen molar-refractivity contribution in [1.82, 2.24) is 9.97 Å². The normalized spacial score (nSPS) is 11.6. The number of aromatic nitrogens is 2. The van der Waals surface area contributed by atoms with Crippen molar-refractivity contribution in [2.45, 2.75) is 29.7 Å². The van der Waals surface area contributed by atoms with Gasteiger partial charge in [-0.2, -0.15) is 0 Å². The Hall–Kier alpha value is -2.75. The number of nitrogens with zero attached hydrogens (tertiary/aromatic N) is 3. The van der Waals surface area contributed by atoms with Crippen molar-refractivity contribution in [3.05, 3.63) is 78.1 Å². The van der Waals surface area contributed by atoms with Gasteiger partial charge >= 0.3 is 0 Å². The molecule has 2 heterocycles. The van der Waals surface area contributed by atoms with E-state index in [1.807, 2.05) is 19.1 Å². The first-order valence-corrected chi connectivity index (χ1v) is 14.0. The molecule has 0 aliphatic carbocycles. The molecule has 0 aliphatic rings. The molecule has 9 heteroatoms. The average Bonchev–Trinajstić information content (AvgIpc) is 3.22. The maximum absolute atomic E-state index is 13.3. The predicted molar refractivity (Wildman–Crippen MR) is 135 cm³/mol. The molecular formula is C24H23N3O3S3. The van der Waals surface area contributed by atoms with Gasteiger partial charge in [0, 0.05) is 35.7 Å². The number of thioether (sulfide) groups is 1. The number of anilines is 1. The molecule has 2 aromatic carbocycles. The molecule has 170 valence electrons. The highest BCUT2D eigenvalue weighted by molar-refractivity contribution is 7.99. The molecule has 0 fully saturated rings. The van der Waals surface area contributed by atoms with Crippen LogP contribution >= 0.6 is 23.1 Å². The van der Waals surface area contributed by atoms with Gasteiger partial charge in [-0.1, -0.05) is 35.1 Å². The summed E-state index contributed by atoms with van der Waals surface area (Å²) in [6, 6.07) is 16.8. The van der Waals surface area contributed by atoms with E-state index in [9.17, 15) is 13.2 Å². The molecule has 6 nitrogen and oxygen atoms in total. The highest BCUT2D eigenvalue weighted by Gasteiger charge is 2.21. The fraction of sp³-hybridized carbons (Fsp3) is 0.208. The molecule has 4 rings (SSSR count). The molecule has 0 bridgehead atoms. The zero-order chi connectivity index (χ0) is 23.4. The maximum atomic E-state index is 13.3. The van der Waals surface area contributed by atoms with E-state index in [0.717, 1.165) is 15.2 Å². The van der Waals surface area contributed by atoms with Crippen LogP contribution in [0.1, 0.15) is 17.5 Å². The lowest BCUT2D eigenvalue weighted by molar-refractivity contribution is -0.118. The second-order valence-corrected chi connectivity index (χ2v) is 11.8. The molecule has 33 heavy (non-hydrogen) atoms. The summed E-state index contributed by atoms with van der Waals surface area (Å²) in [5.74, 6) is 0.607. The van der Waals surface area contributed by atoms with Gasteiger partial charge in [-0.15, -0.1) is 11.8 Å². The van der Waals surface area contributed by atoms with Crippen LogP contribution in [0.25, 0.3) is 10.2 Å². The summed E-state index contributed by atoms with van der Waals surface area (Å²) in [5.41, 5.74) is 2.77. The van der Waals surface area contributed by atoms with Crippen molar-refractivity contribution >= 4 is 54.2 Å². The molecular weight excluding hydrogens is 474 g/mol. The molecule has 0 N–H and O–H groups in total. The number of carbonyl (C=O) groups is 1. The van der Waals surface area contributed by atoms with Crippen LogP contribution in [0.2, 0.25) is 0 Å². The number of aryl methyl sites for hydroxylation is 1. The van der Waals surface area contributed by atoms with Crippen molar-refractivity contribution < 1.29 is 13.2 Å². The van der Waals surface area contributed by atoms with E-state index in [4.69, 9.17) is 0 Å². The van der Waals surface area contributed by atoms with Gasteiger partial charge in [0.05, 0.1) is 21.7 Å². The summed E-state index contributed by atoms with van der Waals surface area (Å²) in [4.78, 5) is 25.1. The van der Waals surface area contributed by atoms with Crippen LogP contribution < -0.4 is 4.90 Å². The lowest BCUT2D eigenvalue weighted by Crippen LogP contribution is -2.30. The van der Waals surface area contributed by atoms with Gasteiger partial charge in [-0.25, -0.2) is 13.4 Å². The number of fused-ring (bicyclic) bond motifs is 1. The highest BCUT2D eigenvalue weighted by Crippen LogP contribution is 2.32. The Morgan fingerprint density at radius 2 is 1.91 bits per heavy atom. The predicted octanol–water partition coefficient (Wildman–Crippen LogP) is 5.12. The zero-order valence-corrected chi connectivity index (χ0v) is 20.7. The Morgan fingerprint density at radius 1 is 1.12 bits per heavy atom. The smallest absolute Gasteiger partial charge is 0.229 e. The van der Waals surface area contributed by atoms with Crippen molar-refractivity contribution in [3.63, 3.8) is 0 Å². The van der Waals surface area contributed by atoms with Crippen LogP contribution in [0.3, 0.4) is 0 Å². The van der Waals surface area contributed by atoms with Gasteiger partial charge in [0.15, 0.2) is 15.0 Å². The van der Waals surface area contributed by atoms with Crippen LogP contribution in [0.4, 0.5) is 5.13 Å². The minimum absolute atomic E-state index is 0.0409. The Morgan fingerprint density at radius 3 is 2.61 bits per heavy atom. The largest absolute Gasteiger partial charge is 0.284 e. The quantitative estimate of drug-likeness (QED) is 0.314. The fourth-order valence-electron chi connectivity index (χ4n) is 3.20. The van der Waals surface area contributed by atoms with Crippen molar-refractivity contribution in [2.75, 3.05) is 16.9 Å². The Kier molecular flexibility index (Phi) is 7.11. The topological polar surface area (TPSA) is 80.2 Å². The van der Waals surface area contributed by atoms with Crippen molar-refractivity contribution in [1.29, 1.82) is 0 Å². The highest BCUT2D eigenvalue weighted by atomic mass is 32.2. The van der Waals surface area contributed by atoms with E-state index in [1.54, 1.807) is 47.3 Å². The Balaban J connectivity index is 1.57. The standard InChI is InChI=1S/C24H23N3O3S3/c1-17-5-7-19(8-6-17)31-13-11-23(28)27(16-18-4-3-12-25-15-18)24-26-21-10-9-20(33(2,29)30)14-22(21)32-24/h3-10,12,14-15H,11,13,16H2,1-2H3. The number of hydrogen-bond acceptors (Lipinski definition) is 7. The molecule has 0 saturated heterocycles. The van der Waals surface area contributed by atoms with Crippen LogP contribution in [-0.4, -0.2) is 36.3 Å². The zero-order valence-electron chi connectivity index (χ0n) is 18.3. The molecule has 0 radical (unpaired) electrons. The lowest BCUT2D eigenvalue weighted by Gasteiger charge is -2.20. The number of pyridine rings is 1. The van der Waals surface area contributed by atoms with E-state index in [2.05, 4.69) is 34.2 Å². The number of thiazole rings is 1. The summed E-state index contributed by atoms with van der Waals surface area (Å²) in [6.45, 7) is 2.39. The van der Waals surface area contributed by atoms with E-state index >= 15 is 0 Å². The summed E-state index contributed by atoms with van der Waals surface area (Å²) in [6.07, 6.45) is 4.96. The second-order valence-electron chi connectivity index (χ2n) is 7.65. The number of amides is 1. The number of hydrogen-bond donors (Lipinski definition) is 0. The lowest BCUT2D eigenvalue weighted by atomic mass is 10.2. The Bertz CT molecular complexity index is 1370. The fourth-order valence-corrected chi connectivity index (χ4v) is 5.79. The van der Waals surface area contributed by atoms with E-state index in [0.29, 0.717) is 29.4 Å². The summed E-state index contributed by atoms with van der Waals surface area (Å²) in [7, 11) is -3.32. The van der Waals surface area contributed by atoms with Gasteiger partial charge in [-0.3, -0.25) is 14.7 Å². The molecule has 0 atom stereocenters. The third kappa shape index (κ3) is 5.98. The van der Waals surface area contributed by atoms with Gasteiger partial charge in [-0.05, 0) is 48.9 Å². The van der Waals surface area contributed by atoms with Crippen LogP contribution in [0.15, 0.2) is 76.8 Å². The monoisotopic (exact) mass is 497 g/mol. The van der Waals surface area contributed by atoms with Crippen molar-refractivity contribution in [2.24, 2.45) is 0 Å². The minimum Gasteiger partial charge on any atom is -0.284 e. The second kappa shape index (κ2) is 10.0. The summed E-state index contributed by atoms with van der Waals surface area (Å²) in [5, 5.41) is 0.546. The van der Waals surface area contributed by atoms with Crippen LogP contribution in [0.5, 0.6) is 0 Å². The van der Waals surface area contributed by atoms with Gasteiger partial charge < -0.3 is 0 Å². The number of benzene rings is 2. The van der Waals surface area contributed by atoms with E-state index in [1.165, 1.54) is 23.2 Å². The third-order valence-corrected chi connectivity index (χ3v) is 8.14. The number of rotatable bonds is 8. The molecule has 0 aliphatic heterocycles. The van der Waals surface area contributed by atoms with Crippen molar-refractivity contribution in [3.8, 4) is 0 Å². The third-order valence-electron chi connectivity index (χ3n) is 4.98. The van der Waals surface area contributed by atoms with E-state index in [-0.39, 0.29) is 10.8 Å². The van der Waals surface area contributed by atoms with Crippen LogP contribution in [-0.2, 0) is 21.2 Å². The van der Waals surface area contributed by atoms with Gasteiger partial charge in [0.1, 0.15) is 0 Å². The molecule has 2 aromatic heterocycles. The van der Waals surface area contributed by atoms with Gasteiger partial charge in [0.2, 0.25) is 5.91 Å². The Labute approximate surface area is 201 Å². The molecule has 0 spiro atoms. The van der Waals surface area contributed by atoms with Gasteiger partial charge in [0.25, 0.3) is 0 Å². The maximum Gasteiger partial charge on any atom is 0.229 e. The molecule has 1 amide bonds. The molecule has 0 saturated carbocycles. The minimum atomic E-state index is -3.32. The van der Waals surface area contributed by atoms with Crippen LogP contribution in [0, 0.1) is 6.92 Å². The average molecular weight is 498 g/mol. The first kappa shape index (κ1) is 23.4.